The van der Waals surface area contributed by atoms with E-state index >= 15 is 0 Å². The van der Waals surface area contributed by atoms with Crippen molar-refractivity contribution in [1.82, 2.24) is 0 Å². The number of hydrogen-bond acceptors (Lipinski definition) is 3. The second-order valence-electron chi connectivity index (χ2n) is 8.29. The van der Waals surface area contributed by atoms with Crippen molar-refractivity contribution in [2.45, 2.75) is 52.5 Å². The van der Waals surface area contributed by atoms with E-state index in [4.69, 9.17) is 4.74 Å². The molecule has 0 radical (unpaired) electrons. The number of nitrogens with one attached hydrogen (secondary N) is 1. The molecule has 2 nitrogen and oxygen atoms in total. The minimum absolute atomic E-state index is 0.0114. The zero-order valence-corrected chi connectivity index (χ0v) is 18.2. The van der Waals surface area contributed by atoms with Gasteiger partial charge < -0.3 is 10.1 Å². The molecule has 0 fully saturated rings. The highest BCUT2D eigenvalue weighted by molar-refractivity contribution is 7.99. The van der Waals surface area contributed by atoms with Crippen molar-refractivity contribution in [3.8, 4) is 0 Å². The van der Waals surface area contributed by atoms with Gasteiger partial charge >= 0.3 is 0 Å². The van der Waals surface area contributed by atoms with Crippen LogP contribution in [0.2, 0.25) is 0 Å². The van der Waals surface area contributed by atoms with Gasteiger partial charge in [-0.25, -0.2) is 0 Å². The molecule has 3 rings (SSSR count). The topological polar surface area (TPSA) is 21.3 Å². The molecule has 1 unspecified atom stereocenters. The van der Waals surface area contributed by atoms with Gasteiger partial charge in [-0.05, 0) is 55.2 Å². The molecule has 1 heterocycles. The Labute approximate surface area is 169 Å². The number of fused-ring (bicyclic) bond motifs is 1. The zero-order valence-electron chi connectivity index (χ0n) is 17.4. The number of anilines is 1. The number of thioether (sulfide) groups is 1. The average molecular weight is 384 g/mol. The predicted molar refractivity (Wildman–Crippen MR) is 121 cm³/mol. The van der Waals surface area contributed by atoms with Crippen LogP contribution in [-0.2, 0) is 4.74 Å². The molecule has 27 heavy (non-hydrogen) atoms. The molecule has 0 saturated carbocycles. The summed E-state index contributed by atoms with van der Waals surface area (Å²) in [5, 5.41) is 3.68. The molecule has 1 atom stereocenters. The van der Waals surface area contributed by atoms with Gasteiger partial charge in [-0.1, -0.05) is 44.6 Å². The summed E-state index contributed by atoms with van der Waals surface area (Å²) in [6, 6.07) is 6.81. The second-order valence-corrected chi connectivity index (χ2v) is 9.32. The van der Waals surface area contributed by atoms with Crippen LogP contribution in [0.25, 0.3) is 11.1 Å². The van der Waals surface area contributed by atoms with Gasteiger partial charge in [-0.2, -0.15) is 11.8 Å². The Bertz CT molecular complexity index is 773. The van der Waals surface area contributed by atoms with Crippen LogP contribution in [0, 0.1) is 5.92 Å². The lowest BCUT2D eigenvalue weighted by Gasteiger charge is -2.33. The Kier molecular flexibility index (Phi) is 6.41. The summed E-state index contributed by atoms with van der Waals surface area (Å²) in [5.41, 5.74) is 6.49. The number of methoxy groups -OCH3 is 1. The number of allylic oxidation sites excluding steroid dienone is 4. The normalized spacial score (nSPS) is 19.2. The van der Waals surface area contributed by atoms with E-state index in [2.05, 4.69) is 81.2 Å². The Morgan fingerprint density at radius 1 is 1.30 bits per heavy atom. The monoisotopic (exact) mass is 383 g/mol. The predicted octanol–water partition coefficient (Wildman–Crippen LogP) is 6.76. The summed E-state index contributed by atoms with van der Waals surface area (Å²) in [4.78, 5) is 0. The van der Waals surface area contributed by atoms with E-state index in [9.17, 15) is 0 Å². The van der Waals surface area contributed by atoms with Crippen molar-refractivity contribution in [3.63, 3.8) is 0 Å². The molecule has 2 aliphatic rings. The maximum absolute atomic E-state index is 5.66. The minimum atomic E-state index is -0.0114. The summed E-state index contributed by atoms with van der Waals surface area (Å²) in [6.07, 6.45) is 10.2. The van der Waals surface area contributed by atoms with Crippen LogP contribution in [0.5, 0.6) is 0 Å². The van der Waals surface area contributed by atoms with Crippen molar-refractivity contribution in [3.05, 3.63) is 53.3 Å². The van der Waals surface area contributed by atoms with E-state index in [1.165, 1.54) is 40.1 Å². The van der Waals surface area contributed by atoms with Crippen LogP contribution in [0.3, 0.4) is 0 Å². The lowest BCUT2D eigenvalue weighted by molar-refractivity contribution is 0.279. The molecule has 1 aliphatic carbocycles. The van der Waals surface area contributed by atoms with E-state index in [-0.39, 0.29) is 5.54 Å². The molecule has 1 aromatic carbocycles. The van der Waals surface area contributed by atoms with Crippen LogP contribution >= 0.6 is 11.8 Å². The SMILES string of the molecule is CCC(C)CSCC1=CC(C)(C)Nc2ccc(C3=C(OC)CCC=C3)cc21. The first-order valence-corrected chi connectivity index (χ1v) is 11.2. The van der Waals surface area contributed by atoms with Gasteiger partial charge in [0.2, 0.25) is 0 Å². The number of rotatable bonds is 7. The summed E-state index contributed by atoms with van der Waals surface area (Å²) in [6.45, 7) is 9.11. The molecular weight excluding hydrogens is 350 g/mol. The van der Waals surface area contributed by atoms with Crippen LogP contribution < -0.4 is 5.32 Å². The van der Waals surface area contributed by atoms with Gasteiger partial charge in [0, 0.05) is 29.0 Å². The number of ether oxygens (including phenoxy) is 1. The average Bonchev–Trinajstić information content (AvgIpc) is 2.66. The Morgan fingerprint density at radius 2 is 2.11 bits per heavy atom. The van der Waals surface area contributed by atoms with Gasteiger partial charge in [0.25, 0.3) is 0 Å². The van der Waals surface area contributed by atoms with Crippen LogP contribution in [0.15, 0.2) is 42.2 Å². The Morgan fingerprint density at radius 3 is 2.85 bits per heavy atom. The summed E-state index contributed by atoms with van der Waals surface area (Å²) in [5.74, 6) is 4.16. The fourth-order valence-electron chi connectivity index (χ4n) is 3.70. The van der Waals surface area contributed by atoms with Gasteiger partial charge in [0.05, 0.1) is 12.6 Å². The lowest BCUT2D eigenvalue weighted by Crippen LogP contribution is -2.32. The van der Waals surface area contributed by atoms with Crippen molar-refractivity contribution in [2.24, 2.45) is 5.92 Å². The van der Waals surface area contributed by atoms with Gasteiger partial charge in [0.15, 0.2) is 0 Å². The van der Waals surface area contributed by atoms with Crippen LogP contribution in [0.1, 0.15) is 58.1 Å². The van der Waals surface area contributed by atoms with E-state index in [0.717, 1.165) is 30.3 Å². The van der Waals surface area contributed by atoms with Crippen molar-refractivity contribution >= 4 is 28.6 Å². The van der Waals surface area contributed by atoms with Gasteiger partial charge in [-0.3, -0.25) is 0 Å². The third-order valence-corrected chi connectivity index (χ3v) is 6.71. The standard InChI is InChI=1S/C24H33NOS/c1-6-17(2)15-27-16-19-14-24(3,4)25-22-12-11-18(13-21(19)22)20-9-7-8-10-23(20)26-5/h7,9,11-14,17,25H,6,8,10,15-16H2,1-5H3. The first-order chi connectivity index (χ1) is 12.9. The fraction of sp³-hybridized carbons (Fsp3) is 0.500. The van der Waals surface area contributed by atoms with Crippen LogP contribution in [0.4, 0.5) is 5.69 Å². The first-order valence-electron chi connectivity index (χ1n) is 10.1. The maximum Gasteiger partial charge on any atom is 0.104 e. The molecular formula is C24H33NOS. The van der Waals surface area contributed by atoms with Crippen molar-refractivity contribution in [2.75, 3.05) is 23.9 Å². The molecule has 0 bridgehead atoms. The largest absolute Gasteiger partial charge is 0.500 e. The first kappa shape index (κ1) is 20.1. The molecule has 0 aromatic heterocycles. The maximum atomic E-state index is 5.66. The molecule has 0 amide bonds. The molecule has 1 aliphatic heterocycles. The second kappa shape index (κ2) is 8.60. The summed E-state index contributed by atoms with van der Waals surface area (Å²) in [7, 11) is 1.79. The number of hydrogen-bond donors (Lipinski definition) is 1. The van der Waals surface area contributed by atoms with E-state index < -0.39 is 0 Å². The van der Waals surface area contributed by atoms with Gasteiger partial charge in [0.1, 0.15) is 5.76 Å². The summed E-state index contributed by atoms with van der Waals surface area (Å²) < 4.78 is 5.66. The molecule has 1 aromatic rings. The molecule has 0 spiro atoms. The third kappa shape index (κ3) is 4.82. The highest BCUT2D eigenvalue weighted by Crippen LogP contribution is 2.38. The van der Waals surface area contributed by atoms with Crippen LogP contribution in [-0.4, -0.2) is 24.2 Å². The highest BCUT2D eigenvalue weighted by atomic mass is 32.2. The Hall–Kier alpha value is -1.61. The summed E-state index contributed by atoms with van der Waals surface area (Å²) >= 11 is 2.06. The lowest BCUT2D eigenvalue weighted by atomic mass is 9.88. The van der Waals surface area contributed by atoms with E-state index in [1.807, 2.05) is 0 Å². The third-order valence-electron chi connectivity index (χ3n) is 5.39. The molecule has 146 valence electrons. The van der Waals surface area contributed by atoms with Crippen molar-refractivity contribution < 1.29 is 4.74 Å². The fourth-order valence-corrected chi connectivity index (χ4v) is 4.92. The Balaban J connectivity index is 1.92. The molecule has 1 N–H and O–H groups in total. The van der Waals surface area contributed by atoms with E-state index in [0.29, 0.717) is 0 Å². The number of benzene rings is 1. The van der Waals surface area contributed by atoms with Gasteiger partial charge in [-0.15, -0.1) is 0 Å². The highest BCUT2D eigenvalue weighted by Gasteiger charge is 2.25. The van der Waals surface area contributed by atoms with Crippen molar-refractivity contribution in [1.29, 1.82) is 0 Å². The molecule has 0 saturated heterocycles. The van der Waals surface area contributed by atoms with E-state index in [1.54, 1.807) is 7.11 Å². The quantitative estimate of drug-likeness (QED) is 0.562. The minimum Gasteiger partial charge on any atom is -0.500 e. The smallest absolute Gasteiger partial charge is 0.104 e. The zero-order chi connectivity index (χ0) is 19.4. The molecule has 3 heteroatoms.